The van der Waals surface area contributed by atoms with Crippen LogP contribution in [0.5, 0.6) is 5.75 Å². The molecule has 34 heavy (non-hydrogen) atoms. The van der Waals surface area contributed by atoms with Gasteiger partial charge in [0.1, 0.15) is 11.5 Å². The van der Waals surface area contributed by atoms with E-state index in [1.54, 1.807) is 30.3 Å². The summed E-state index contributed by atoms with van der Waals surface area (Å²) in [5.41, 5.74) is 3.86. The second-order valence-electron chi connectivity index (χ2n) is 8.87. The third kappa shape index (κ3) is 4.31. The molecule has 2 aromatic heterocycles. The van der Waals surface area contributed by atoms with Gasteiger partial charge in [-0.05, 0) is 42.0 Å². The summed E-state index contributed by atoms with van der Waals surface area (Å²) in [4.78, 5) is 13.1. The summed E-state index contributed by atoms with van der Waals surface area (Å²) in [7, 11) is 1.61. The Bertz CT molecular complexity index is 1330. The second kappa shape index (κ2) is 8.99. The zero-order valence-corrected chi connectivity index (χ0v) is 19.8. The van der Waals surface area contributed by atoms with E-state index < -0.39 is 0 Å². The number of benzene rings is 2. The molecule has 0 aliphatic heterocycles. The van der Waals surface area contributed by atoms with Gasteiger partial charge in [0.15, 0.2) is 5.69 Å². The smallest absolute Gasteiger partial charge is 0.278 e. The second-order valence-corrected chi connectivity index (χ2v) is 9.31. The van der Waals surface area contributed by atoms with Crippen LogP contribution in [-0.2, 0) is 24.8 Å². The Hall–Kier alpha value is -3.58. The molecule has 0 saturated carbocycles. The summed E-state index contributed by atoms with van der Waals surface area (Å²) < 4.78 is 12.7. The fraction of sp³-hybridized carbons (Fsp3) is 0.269. The van der Waals surface area contributed by atoms with Crippen molar-refractivity contribution in [2.75, 3.05) is 12.4 Å². The number of aromatic nitrogens is 3. The first-order chi connectivity index (χ1) is 16.4. The summed E-state index contributed by atoms with van der Waals surface area (Å²) in [5.74, 6) is 1.21. The van der Waals surface area contributed by atoms with Gasteiger partial charge in [0, 0.05) is 28.8 Å². The Kier molecular flexibility index (Phi) is 5.87. The number of hydrogen-bond acceptors (Lipinski definition) is 5. The third-order valence-corrected chi connectivity index (χ3v) is 6.73. The molecule has 0 saturated heterocycles. The van der Waals surface area contributed by atoms with Crippen molar-refractivity contribution in [1.29, 1.82) is 0 Å². The minimum atomic E-state index is -0.304. The van der Waals surface area contributed by atoms with Gasteiger partial charge in [-0.15, -0.1) is 0 Å². The molecule has 1 unspecified atom stereocenters. The van der Waals surface area contributed by atoms with E-state index in [1.165, 1.54) is 5.56 Å². The fourth-order valence-electron chi connectivity index (χ4n) is 4.61. The lowest BCUT2D eigenvalue weighted by atomic mass is 9.70. The third-order valence-electron chi connectivity index (χ3n) is 6.49. The summed E-state index contributed by atoms with van der Waals surface area (Å²) in [6, 6.07) is 15.8. The number of nitrogens with one attached hydrogen (secondary N) is 1. The van der Waals surface area contributed by atoms with E-state index >= 15 is 0 Å². The van der Waals surface area contributed by atoms with Crippen LogP contribution in [0.2, 0.25) is 5.02 Å². The van der Waals surface area contributed by atoms with Crippen molar-refractivity contribution in [3.05, 3.63) is 94.1 Å². The van der Waals surface area contributed by atoms with Crippen molar-refractivity contribution in [2.24, 2.45) is 0 Å². The number of aryl methyl sites for hydroxylation is 1. The molecule has 1 aliphatic carbocycles. The molecule has 2 heterocycles. The standard InChI is InChI=1S/C26H25ClN4O3/c1-26(18-6-4-3-5-7-18)11-10-23-21(13-26)24(30-34-23)25(32)29-20-14-28-31(16-20)15-17-12-19(27)8-9-22(17)33-2/h3-9,12,14,16H,10-11,13,15H2,1-2H3,(H,29,32). The number of methoxy groups -OCH3 is 1. The molecule has 1 N–H and O–H groups in total. The van der Waals surface area contributed by atoms with Crippen molar-refractivity contribution in [3.63, 3.8) is 0 Å². The maximum absolute atomic E-state index is 13.1. The molecule has 8 heteroatoms. The number of carbonyl (C=O) groups excluding carboxylic acids is 1. The van der Waals surface area contributed by atoms with E-state index in [9.17, 15) is 4.79 Å². The number of ether oxygens (including phenoxy) is 1. The van der Waals surface area contributed by atoms with Gasteiger partial charge in [-0.2, -0.15) is 5.10 Å². The average Bonchev–Trinajstić information content (AvgIpc) is 3.46. The van der Waals surface area contributed by atoms with E-state index in [0.29, 0.717) is 29.4 Å². The first-order valence-electron chi connectivity index (χ1n) is 11.1. The van der Waals surface area contributed by atoms with Crippen LogP contribution in [0.1, 0.15) is 46.3 Å². The number of hydrogen-bond donors (Lipinski definition) is 1. The minimum Gasteiger partial charge on any atom is -0.496 e. The molecular weight excluding hydrogens is 452 g/mol. The number of halogens is 1. The van der Waals surface area contributed by atoms with E-state index in [4.69, 9.17) is 20.9 Å². The first-order valence-corrected chi connectivity index (χ1v) is 11.5. The maximum atomic E-state index is 13.1. The monoisotopic (exact) mass is 476 g/mol. The minimum absolute atomic E-state index is 0.0737. The number of anilines is 1. The van der Waals surface area contributed by atoms with E-state index in [1.807, 2.05) is 30.3 Å². The van der Waals surface area contributed by atoms with E-state index in [-0.39, 0.29) is 11.3 Å². The van der Waals surface area contributed by atoms with Crippen LogP contribution in [0.25, 0.3) is 0 Å². The molecule has 0 bridgehead atoms. The van der Waals surface area contributed by atoms with Crippen LogP contribution in [0.4, 0.5) is 5.69 Å². The Morgan fingerprint density at radius 1 is 1.26 bits per heavy atom. The normalized spacial score (nSPS) is 17.3. The number of fused-ring (bicyclic) bond motifs is 1. The van der Waals surface area contributed by atoms with Crippen LogP contribution in [-0.4, -0.2) is 28.0 Å². The Morgan fingerprint density at radius 3 is 2.88 bits per heavy atom. The molecule has 0 radical (unpaired) electrons. The zero-order chi connectivity index (χ0) is 23.7. The highest BCUT2D eigenvalue weighted by molar-refractivity contribution is 6.30. The van der Waals surface area contributed by atoms with Crippen LogP contribution in [0.3, 0.4) is 0 Å². The fourth-order valence-corrected chi connectivity index (χ4v) is 4.80. The van der Waals surface area contributed by atoms with Crippen LogP contribution < -0.4 is 10.1 Å². The van der Waals surface area contributed by atoms with Gasteiger partial charge in [-0.1, -0.05) is 54.0 Å². The van der Waals surface area contributed by atoms with Crippen molar-refractivity contribution < 1.29 is 14.1 Å². The Balaban J connectivity index is 1.32. The van der Waals surface area contributed by atoms with Gasteiger partial charge in [-0.3, -0.25) is 9.48 Å². The quantitative estimate of drug-likeness (QED) is 0.409. The molecule has 1 atom stereocenters. The molecule has 1 amide bonds. The highest BCUT2D eigenvalue weighted by Gasteiger charge is 2.37. The maximum Gasteiger partial charge on any atom is 0.278 e. The van der Waals surface area contributed by atoms with Crippen molar-refractivity contribution in [1.82, 2.24) is 14.9 Å². The van der Waals surface area contributed by atoms with Gasteiger partial charge in [-0.25, -0.2) is 0 Å². The largest absolute Gasteiger partial charge is 0.496 e. The van der Waals surface area contributed by atoms with Crippen LogP contribution in [0, 0.1) is 0 Å². The van der Waals surface area contributed by atoms with Gasteiger partial charge >= 0.3 is 0 Å². The molecule has 5 rings (SSSR count). The van der Waals surface area contributed by atoms with Gasteiger partial charge in [0.2, 0.25) is 0 Å². The number of carbonyl (C=O) groups is 1. The molecule has 7 nitrogen and oxygen atoms in total. The zero-order valence-electron chi connectivity index (χ0n) is 19.0. The van der Waals surface area contributed by atoms with Crippen molar-refractivity contribution in [2.45, 2.75) is 38.1 Å². The highest BCUT2D eigenvalue weighted by Crippen LogP contribution is 2.39. The molecular formula is C26H25ClN4O3. The Labute approximate surface area is 202 Å². The number of rotatable bonds is 6. The average molecular weight is 477 g/mol. The lowest BCUT2D eigenvalue weighted by Crippen LogP contribution is -2.31. The molecule has 4 aromatic rings. The lowest BCUT2D eigenvalue weighted by Gasteiger charge is -2.33. The van der Waals surface area contributed by atoms with Crippen LogP contribution >= 0.6 is 11.6 Å². The molecule has 1 aliphatic rings. The summed E-state index contributed by atoms with van der Waals surface area (Å²) in [5, 5.41) is 12.0. The summed E-state index contributed by atoms with van der Waals surface area (Å²) in [6.07, 6.45) is 5.77. The van der Waals surface area contributed by atoms with Gasteiger partial charge in [0.25, 0.3) is 5.91 Å². The van der Waals surface area contributed by atoms with Crippen molar-refractivity contribution in [3.8, 4) is 5.75 Å². The predicted molar refractivity (Wildman–Crippen MR) is 130 cm³/mol. The number of nitrogens with zero attached hydrogens (tertiary/aromatic N) is 3. The van der Waals surface area contributed by atoms with Gasteiger partial charge in [0.05, 0.1) is 25.5 Å². The topological polar surface area (TPSA) is 82.2 Å². The number of amides is 1. The molecule has 2 aromatic carbocycles. The van der Waals surface area contributed by atoms with E-state index in [2.05, 4.69) is 34.6 Å². The first kappa shape index (κ1) is 22.2. The summed E-state index contributed by atoms with van der Waals surface area (Å²) in [6.45, 7) is 2.68. The molecule has 174 valence electrons. The Morgan fingerprint density at radius 2 is 2.09 bits per heavy atom. The molecule has 0 fully saturated rings. The summed E-state index contributed by atoms with van der Waals surface area (Å²) >= 11 is 6.13. The predicted octanol–water partition coefficient (Wildman–Crippen LogP) is 5.28. The van der Waals surface area contributed by atoms with Gasteiger partial charge < -0.3 is 14.6 Å². The van der Waals surface area contributed by atoms with Crippen LogP contribution in [0.15, 0.2) is 65.4 Å². The molecule has 0 spiro atoms. The lowest BCUT2D eigenvalue weighted by molar-refractivity contribution is 0.101. The SMILES string of the molecule is COc1ccc(Cl)cc1Cn1cc(NC(=O)c2noc3c2CC(C)(c2ccccc2)CC3)cn1. The highest BCUT2D eigenvalue weighted by atomic mass is 35.5. The van der Waals surface area contributed by atoms with Crippen molar-refractivity contribution >= 4 is 23.2 Å². The van der Waals surface area contributed by atoms with E-state index in [0.717, 1.165) is 35.5 Å².